The monoisotopic (exact) mass is 467 g/mol. The zero-order chi connectivity index (χ0) is 25.2. The van der Waals surface area contributed by atoms with Crippen molar-refractivity contribution >= 4 is 17.4 Å². The Hall–Kier alpha value is -3.48. The number of amides is 1. The third kappa shape index (κ3) is 4.47. The fourth-order valence-electron chi connectivity index (χ4n) is 4.23. The molecular weight excluding hydrogens is 434 g/mol. The van der Waals surface area contributed by atoms with Crippen molar-refractivity contribution in [2.24, 2.45) is 0 Å². The zero-order valence-corrected chi connectivity index (χ0v) is 20.9. The summed E-state index contributed by atoms with van der Waals surface area (Å²) in [4.78, 5) is 27.8. The Morgan fingerprint density at radius 2 is 1.56 bits per heavy atom. The second kappa shape index (κ2) is 9.79. The number of hydrogen-bond donors (Lipinski definition) is 1. The lowest BCUT2D eigenvalue weighted by Crippen LogP contribution is -2.30. The van der Waals surface area contributed by atoms with E-state index in [1.807, 2.05) is 19.1 Å². The summed E-state index contributed by atoms with van der Waals surface area (Å²) in [6, 6.07) is 9.96. The van der Waals surface area contributed by atoms with E-state index in [1.165, 1.54) is 26.2 Å². The van der Waals surface area contributed by atoms with E-state index in [4.69, 9.17) is 14.2 Å². The molecule has 1 fully saturated rings. The maximum absolute atomic E-state index is 13.2. The smallest absolute Gasteiger partial charge is 0.295 e. The predicted molar refractivity (Wildman–Crippen MR) is 131 cm³/mol. The SMILES string of the molecule is CCCN1C(=O)C(=O)/C(=C(/O)c2cc(C(C)(C)C)ccc2OC)C1c1ccc(OC)c(OC)c1. The van der Waals surface area contributed by atoms with Crippen LogP contribution in [0.1, 0.15) is 56.8 Å². The molecule has 7 heteroatoms. The summed E-state index contributed by atoms with van der Waals surface area (Å²) in [5, 5.41) is 11.5. The van der Waals surface area contributed by atoms with E-state index < -0.39 is 17.7 Å². The van der Waals surface area contributed by atoms with E-state index in [9.17, 15) is 14.7 Å². The number of Topliss-reactive ketones (excluding diaryl/α,β-unsaturated/α-hetero) is 1. The Balaban J connectivity index is 2.29. The molecule has 3 rings (SSSR count). The van der Waals surface area contributed by atoms with E-state index in [0.717, 1.165) is 5.56 Å². The van der Waals surface area contributed by atoms with Crippen LogP contribution in [-0.4, -0.2) is 49.6 Å². The maximum Gasteiger partial charge on any atom is 0.295 e. The van der Waals surface area contributed by atoms with Gasteiger partial charge in [-0.3, -0.25) is 9.59 Å². The number of aliphatic hydroxyl groups excluding tert-OH is 1. The molecule has 1 unspecified atom stereocenters. The van der Waals surface area contributed by atoms with Gasteiger partial charge in [-0.05, 0) is 47.2 Å². The van der Waals surface area contributed by atoms with Gasteiger partial charge in [0.2, 0.25) is 0 Å². The molecule has 0 aliphatic carbocycles. The minimum atomic E-state index is -0.775. The molecule has 182 valence electrons. The summed E-state index contributed by atoms with van der Waals surface area (Å²) in [6.07, 6.45) is 0.652. The third-order valence-electron chi connectivity index (χ3n) is 6.05. The molecule has 0 saturated carbocycles. The Labute approximate surface area is 200 Å². The van der Waals surface area contributed by atoms with Crippen molar-refractivity contribution in [1.29, 1.82) is 0 Å². The normalized spacial score (nSPS) is 17.7. The van der Waals surface area contributed by atoms with E-state index in [1.54, 1.807) is 24.3 Å². The van der Waals surface area contributed by atoms with Crippen LogP contribution in [0.3, 0.4) is 0 Å². The van der Waals surface area contributed by atoms with Crippen molar-refractivity contribution in [2.45, 2.75) is 45.6 Å². The number of carbonyl (C=O) groups excluding carboxylic acids is 2. The third-order valence-corrected chi connectivity index (χ3v) is 6.05. The van der Waals surface area contributed by atoms with Gasteiger partial charge in [0.1, 0.15) is 11.5 Å². The molecule has 0 radical (unpaired) electrons. The molecule has 0 aromatic heterocycles. The van der Waals surface area contributed by atoms with Crippen LogP contribution < -0.4 is 14.2 Å². The van der Waals surface area contributed by atoms with Gasteiger partial charge < -0.3 is 24.2 Å². The van der Waals surface area contributed by atoms with E-state index >= 15 is 0 Å². The fraction of sp³-hybridized carbons (Fsp3) is 0.407. The summed E-state index contributed by atoms with van der Waals surface area (Å²) in [7, 11) is 4.56. The van der Waals surface area contributed by atoms with Crippen LogP contribution in [0.4, 0.5) is 0 Å². The fourth-order valence-corrected chi connectivity index (χ4v) is 4.23. The van der Waals surface area contributed by atoms with Gasteiger partial charge in [-0.15, -0.1) is 0 Å². The first kappa shape index (κ1) is 25.1. The highest BCUT2D eigenvalue weighted by Gasteiger charge is 2.46. The standard InChI is InChI=1S/C27H33NO6/c1-8-13-28-23(16-9-11-20(33-6)21(14-16)34-7)22(25(30)26(28)31)24(29)18-15-17(27(2,3)4)10-12-19(18)32-5/h9-12,14-15,23,29H,8,13H2,1-7H3/b24-22+. The molecule has 1 aliphatic heterocycles. The number of benzene rings is 2. The van der Waals surface area contributed by atoms with Crippen LogP contribution in [-0.2, 0) is 15.0 Å². The number of ketones is 1. The van der Waals surface area contributed by atoms with Crippen molar-refractivity contribution in [1.82, 2.24) is 4.90 Å². The molecule has 2 aromatic rings. The number of likely N-dealkylation sites (tertiary alicyclic amines) is 1. The van der Waals surface area contributed by atoms with Crippen LogP contribution in [0.5, 0.6) is 17.2 Å². The van der Waals surface area contributed by atoms with Gasteiger partial charge in [-0.25, -0.2) is 0 Å². The summed E-state index contributed by atoms with van der Waals surface area (Å²) >= 11 is 0. The van der Waals surface area contributed by atoms with E-state index in [-0.39, 0.29) is 16.7 Å². The van der Waals surface area contributed by atoms with Crippen molar-refractivity contribution in [3.8, 4) is 17.2 Å². The Bertz CT molecular complexity index is 1130. The lowest BCUT2D eigenvalue weighted by atomic mass is 9.85. The summed E-state index contributed by atoms with van der Waals surface area (Å²) < 4.78 is 16.3. The van der Waals surface area contributed by atoms with Gasteiger partial charge in [0.25, 0.3) is 11.7 Å². The highest BCUT2D eigenvalue weighted by atomic mass is 16.5. The first-order valence-corrected chi connectivity index (χ1v) is 11.3. The van der Waals surface area contributed by atoms with Gasteiger partial charge in [0.05, 0.1) is 38.5 Å². The van der Waals surface area contributed by atoms with Crippen LogP contribution in [0, 0.1) is 0 Å². The highest BCUT2D eigenvalue weighted by Crippen LogP contribution is 2.43. The zero-order valence-electron chi connectivity index (χ0n) is 20.9. The number of carbonyl (C=O) groups is 2. The van der Waals surface area contributed by atoms with Crippen LogP contribution >= 0.6 is 0 Å². The van der Waals surface area contributed by atoms with Gasteiger partial charge in [-0.2, -0.15) is 0 Å². The molecule has 34 heavy (non-hydrogen) atoms. The molecule has 2 aromatic carbocycles. The predicted octanol–water partition coefficient (Wildman–Crippen LogP) is 4.84. The molecule has 1 heterocycles. The summed E-state index contributed by atoms with van der Waals surface area (Å²) in [5.41, 5.74) is 1.79. The second-order valence-corrected chi connectivity index (χ2v) is 9.27. The number of aliphatic hydroxyl groups is 1. The minimum Gasteiger partial charge on any atom is -0.507 e. The average Bonchev–Trinajstić information content (AvgIpc) is 3.07. The Morgan fingerprint density at radius 3 is 2.12 bits per heavy atom. The summed E-state index contributed by atoms with van der Waals surface area (Å²) in [5.74, 6) is -0.228. The molecule has 1 amide bonds. The second-order valence-electron chi connectivity index (χ2n) is 9.27. The number of nitrogens with zero attached hydrogens (tertiary/aromatic N) is 1. The van der Waals surface area contributed by atoms with Gasteiger partial charge in [-0.1, -0.05) is 39.8 Å². The van der Waals surface area contributed by atoms with Crippen molar-refractivity contribution in [3.63, 3.8) is 0 Å². The number of ether oxygens (including phenoxy) is 3. The van der Waals surface area contributed by atoms with Gasteiger partial charge in [0, 0.05) is 6.54 Å². The molecule has 1 saturated heterocycles. The van der Waals surface area contributed by atoms with Crippen molar-refractivity contribution in [2.75, 3.05) is 27.9 Å². The van der Waals surface area contributed by atoms with E-state index in [0.29, 0.717) is 41.3 Å². The molecule has 0 spiro atoms. The molecule has 1 N–H and O–H groups in total. The van der Waals surface area contributed by atoms with E-state index in [2.05, 4.69) is 20.8 Å². The Kier molecular flexibility index (Phi) is 7.24. The topological polar surface area (TPSA) is 85.3 Å². The van der Waals surface area contributed by atoms with Gasteiger partial charge in [0.15, 0.2) is 11.5 Å². The van der Waals surface area contributed by atoms with Crippen molar-refractivity contribution in [3.05, 3.63) is 58.7 Å². The number of methoxy groups -OCH3 is 3. The molecule has 7 nitrogen and oxygen atoms in total. The highest BCUT2D eigenvalue weighted by molar-refractivity contribution is 6.46. The minimum absolute atomic E-state index is 0.0232. The maximum atomic E-state index is 13.2. The molecule has 0 bridgehead atoms. The first-order chi connectivity index (χ1) is 16.1. The summed E-state index contributed by atoms with van der Waals surface area (Å²) in [6.45, 7) is 8.47. The largest absolute Gasteiger partial charge is 0.507 e. The molecular formula is C27H33NO6. The number of rotatable bonds is 7. The number of hydrogen-bond acceptors (Lipinski definition) is 6. The first-order valence-electron chi connectivity index (χ1n) is 11.3. The van der Waals surface area contributed by atoms with Crippen LogP contribution in [0.25, 0.3) is 5.76 Å². The van der Waals surface area contributed by atoms with Crippen molar-refractivity contribution < 1.29 is 28.9 Å². The van der Waals surface area contributed by atoms with Gasteiger partial charge >= 0.3 is 0 Å². The molecule has 1 aliphatic rings. The van der Waals surface area contributed by atoms with Crippen LogP contribution in [0.2, 0.25) is 0 Å². The van der Waals surface area contributed by atoms with Crippen LogP contribution in [0.15, 0.2) is 42.0 Å². The quantitative estimate of drug-likeness (QED) is 0.356. The lowest BCUT2D eigenvalue weighted by Gasteiger charge is -2.26. The lowest BCUT2D eigenvalue weighted by molar-refractivity contribution is -0.139. The molecule has 1 atom stereocenters. The Morgan fingerprint density at radius 1 is 0.941 bits per heavy atom. The average molecular weight is 468 g/mol.